The summed E-state index contributed by atoms with van der Waals surface area (Å²) in [6, 6.07) is 7.91. The van der Waals surface area contributed by atoms with Crippen molar-refractivity contribution in [1.29, 1.82) is 0 Å². The summed E-state index contributed by atoms with van der Waals surface area (Å²) in [5.74, 6) is -1.02. The average Bonchev–Trinajstić information content (AvgIpc) is 2.68. The Morgan fingerprint density at radius 2 is 1.53 bits per heavy atom. The van der Waals surface area contributed by atoms with Gasteiger partial charge in [0.25, 0.3) is 0 Å². The van der Waals surface area contributed by atoms with E-state index in [-0.39, 0.29) is 28.3 Å². The van der Waals surface area contributed by atoms with Crippen molar-refractivity contribution in [3.63, 3.8) is 0 Å². The van der Waals surface area contributed by atoms with E-state index in [4.69, 9.17) is 46.4 Å². The van der Waals surface area contributed by atoms with Gasteiger partial charge < -0.3 is 10.2 Å². The highest BCUT2D eigenvalue weighted by atomic mass is 35.5. The number of carbonyl (C=O) groups is 2. The molecule has 0 spiro atoms. The molecule has 0 aliphatic heterocycles. The first-order chi connectivity index (χ1) is 15.7. The van der Waals surface area contributed by atoms with Gasteiger partial charge in [0.2, 0.25) is 21.8 Å². The summed E-state index contributed by atoms with van der Waals surface area (Å²) >= 11 is 24.4. The van der Waals surface area contributed by atoms with E-state index in [0.29, 0.717) is 15.6 Å². The number of sulfonamides is 1. The molecule has 0 aliphatic carbocycles. The minimum atomic E-state index is -3.91. The van der Waals surface area contributed by atoms with Gasteiger partial charge in [-0.1, -0.05) is 52.5 Å². The second kappa shape index (κ2) is 11.8. The predicted molar refractivity (Wildman–Crippen MR) is 138 cm³/mol. The molecule has 0 heterocycles. The van der Waals surface area contributed by atoms with Crippen molar-refractivity contribution in [1.82, 2.24) is 10.2 Å². The monoisotopic (exact) mass is 567 g/mol. The number of rotatable bonds is 9. The van der Waals surface area contributed by atoms with Crippen molar-refractivity contribution in [2.24, 2.45) is 0 Å². The fraction of sp³-hybridized carbons (Fsp3) is 0.364. The van der Waals surface area contributed by atoms with Crippen LogP contribution in [0.4, 0.5) is 5.69 Å². The van der Waals surface area contributed by atoms with Gasteiger partial charge in [0.15, 0.2) is 0 Å². The number of amides is 2. The second-order valence-corrected chi connectivity index (χ2v) is 11.6. The highest BCUT2D eigenvalue weighted by molar-refractivity contribution is 7.92. The zero-order chi connectivity index (χ0) is 25.8. The van der Waals surface area contributed by atoms with Crippen molar-refractivity contribution in [2.75, 3.05) is 17.1 Å². The SMILES string of the molecule is CC(C)NC(=O)[C@H](C)N(Cc1ccc(Cl)cc1Cl)C(=O)CN(c1cc(Cl)cc(Cl)c1)S(C)(=O)=O. The van der Waals surface area contributed by atoms with E-state index in [2.05, 4.69) is 5.32 Å². The van der Waals surface area contributed by atoms with Gasteiger partial charge in [-0.15, -0.1) is 0 Å². The summed E-state index contributed by atoms with van der Waals surface area (Å²) in [7, 11) is -3.91. The Kier molecular flexibility index (Phi) is 9.91. The molecule has 2 aromatic carbocycles. The molecule has 1 N–H and O–H groups in total. The van der Waals surface area contributed by atoms with E-state index in [9.17, 15) is 18.0 Å². The van der Waals surface area contributed by atoms with Crippen LogP contribution >= 0.6 is 46.4 Å². The highest BCUT2D eigenvalue weighted by Gasteiger charge is 2.31. The Labute approximate surface area is 220 Å². The largest absolute Gasteiger partial charge is 0.352 e. The standard InChI is InChI=1S/C22H25Cl4N3O4S/c1-13(2)27-22(31)14(3)28(11-15-5-6-16(23)10-20(15)26)21(30)12-29(34(4,32)33)19-8-17(24)7-18(25)9-19/h5-10,13-14H,11-12H2,1-4H3,(H,27,31)/t14-/m0/s1. The minimum Gasteiger partial charge on any atom is -0.352 e. The van der Waals surface area contributed by atoms with Crippen LogP contribution in [-0.4, -0.2) is 50.0 Å². The molecule has 0 radical (unpaired) electrons. The minimum absolute atomic E-state index is 0.0462. The predicted octanol–water partition coefficient (Wildman–Crippen LogP) is 5.01. The number of anilines is 1. The molecule has 1 atom stereocenters. The van der Waals surface area contributed by atoms with Crippen molar-refractivity contribution >= 4 is 73.9 Å². The fourth-order valence-corrected chi connectivity index (χ4v) is 4.93. The third-order valence-electron chi connectivity index (χ3n) is 4.77. The molecule has 186 valence electrons. The van der Waals surface area contributed by atoms with Crippen molar-refractivity contribution in [2.45, 2.75) is 39.4 Å². The summed E-state index contributed by atoms with van der Waals surface area (Å²) in [6.45, 7) is 4.51. The van der Waals surface area contributed by atoms with Crippen molar-refractivity contribution in [3.05, 3.63) is 62.1 Å². The summed E-state index contributed by atoms with van der Waals surface area (Å²) in [5.41, 5.74) is 0.664. The lowest BCUT2D eigenvalue weighted by Gasteiger charge is -2.32. The maximum absolute atomic E-state index is 13.5. The molecule has 0 aromatic heterocycles. The van der Waals surface area contributed by atoms with Crippen LogP contribution in [0.5, 0.6) is 0 Å². The van der Waals surface area contributed by atoms with Crippen LogP contribution in [0.25, 0.3) is 0 Å². The zero-order valence-corrected chi connectivity index (χ0v) is 22.8. The number of halogens is 4. The maximum Gasteiger partial charge on any atom is 0.244 e. The van der Waals surface area contributed by atoms with Gasteiger partial charge in [-0.25, -0.2) is 8.42 Å². The molecule has 2 rings (SSSR count). The smallest absolute Gasteiger partial charge is 0.244 e. The van der Waals surface area contributed by atoms with Gasteiger partial charge >= 0.3 is 0 Å². The average molecular weight is 569 g/mol. The third kappa shape index (κ3) is 7.92. The molecule has 0 fully saturated rings. The van der Waals surface area contributed by atoms with E-state index in [1.807, 2.05) is 0 Å². The van der Waals surface area contributed by atoms with Gasteiger partial charge in [-0.05, 0) is 56.7 Å². The fourth-order valence-electron chi connectivity index (χ4n) is 3.12. The number of hydrogen-bond donors (Lipinski definition) is 1. The zero-order valence-electron chi connectivity index (χ0n) is 19.0. The van der Waals surface area contributed by atoms with Crippen LogP contribution in [-0.2, 0) is 26.2 Å². The number of benzene rings is 2. The van der Waals surface area contributed by atoms with E-state index in [0.717, 1.165) is 10.6 Å². The lowest BCUT2D eigenvalue weighted by Crippen LogP contribution is -2.52. The molecule has 0 unspecified atom stereocenters. The molecule has 0 bridgehead atoms. The Morgan fingerprint density at radius 3 is 2.03 bits per heavy atom. The Hall–Kier alpha value is -1.71. The molecule has 0 aliphatic rings. The molecule has 7 nitrogen and oxygen atoms in total. The number of carbonyl (C=O) groups excluding carboxylic acids is 2. The van der Waals surface area contributed by atoms with Crippen LogP contribution in [0.2, 0.25) is 20.1 Å². The number of nitrogens with one attached hydrogen (secondary N) is 1. The number of nitrogens with zero attached hydrogens (tertiary/aromatic N) is 2. The Balaban J connectivity index is 2.46. The van der Waals surface area contributed by atoms with Crippen molar-refractivity contribution < 1.29 is 18.0 Å². The van der Waals surface area contributed by atoms with Crippen molar-refractivity contribution in [3.8, 4) is 0 Å². The normalized spacial score (nSPS) is 12.4. The van der Waals surface area contributed by atoms with E-state index < -0.39 is 34.4 Å². The lowest BCUT2D eigenvalue weighted by molar-refractivity contribution is -0.139. The van der Waals surface area contributed by atoms with Gasteiger partial charge in [0.1, 0.15) is 12.6 Å². The van der Waals surface area contributed by atoms with Crippen LogP contribution in [0.15, 0.2) is 36.4 Å². The van der Waals surface area contributed by atoms with Gasteiger partial charge in [0.05, 0.1) is 11.9 Å². The quantitative estimate of drug-likeness (QED) is 0.461. The molecule has 0 saturated heterocycles. The first-order valence-corrected chi connectivity index (χ1v) is 13.5. The summed E-state index contributed by atoms with van der Waals surface area (Å²) in [6.07, 6.45) is 0.963. The Morgan fingerprint density at radius 1 is 0.941 bits per heavy atom. The van der Waals surface area contributed by atoms with Crippen LogP contribution < -0.4 is 9.62 Å². The molecule has 12 heteroatoms. The first-order valence-electron chi connectivity index (χ1n) is 10.2. The molecular formula is C22H25Cl4N3O4S. The number of hydrogen-bond acceptors (Lipinski definition) is 4. The van der Waals surface area contributed by atoms with Crippen LogP contribution in [0.1, 0.15) is 26.3 Å². The van der Waals surface area contributed by atoms with Crippen LogP contribution in [0, 0.1) is 0 Å². The molecule has 34 heavy (non-hydrogen) atoms. The molecule has 2 aromatic rings. The van der Waals surface area contributed by atoms with E-state index in [1.165, 1.54) is 29.2 Å². The second-order valence-electron chi connectivity index (χ2n) is 7.99. The highest BCUT2D eigenvalue weighted by Crippen LogP contribution is 2.28. The Bertz CT molecular complexity index is 1150. The summed E-state index contributed by atoms with van der Waals surface area (Å²) in [5, 5.41) is 3.90. The first kappa shape index (κ1) is 28.5. The summed E-state index contributed by atoms with van der Waals surface area (Å²) in [4.78, 5) is 27.5. The van der Waals surface area contributed by atoms with Crippen LogP contribution in [0.3, 0.4) is 0 Å². The maximum atomic E-state index is 13.5. The van der Waals surface area contributed by atoms with E-state index >= 15 is 0 Å². The van der Waals surface area contributed by atoms with E-state index in [1.54, 1.807) is 32.9 Å². The van der Waals surface area contributed by atoms with Gasteiger partial charge in [-0.3, -0.25) is 13.9 Å². The molecular weight excluding hydrogens is 544 g/mol. The van der Waals surface area contributed by atoms with Gasteiger partial charge in [0, 0.05) is 32.7 Å². The molecule has 0 saturated carbocycles. The third-order valence-corrected chi connectivity index (χ3v) is 6.93. The topological polar surface area (TPSA) is 86.8 Å². The lowest BCUT2D eigenvalue weighted by atomic mass is 10.1. The van der Waals surface area contributed by atoms with Gasteiger partial charge in [-0.2, -0.15) is 0 Å². The summed E-state index contributed by atoms with van der Waals surface area (Å²) < 4.78 is 26.0. The molecule has 2 amide bonds.